The third kappa shape index (κ3) is 2.26. The molecular formula is C15H18N2O. The summed E-state index contributed by atoms with van der Waals surface area (Å²) in [5.74, 6) is 1.68. The lowest BCUT2D eigenvalue weighted by Crippen LogP contribution is -2.19. The molecule has 0 saturated carbocycles. The fourth-order valence-electron chi connectivity index (χ4n) is 2.78. The van der Waals surface area contributed by atoms with Gasteiger partial charge in [0.1, 0.15) is 5.75 Å². The molecule has 0 bridgehead atoms. The van der Waals surface area contributed by atoms with Crippen molar-refractivity contribution in [1.82, 2.24) is 9.55 Å². The smallest absolute Gasteiger partial charge is 0.119 e. The fourth-order valence-corrected chi connectivity index (χ4v) is 2.78. The van der Waals surface area contributed by atoms with E-state index in [-0.39, 0.29) is 0 Å². The van der Waals surface area contributed by atoms with E-state index in [4.69, 9.17) is 4.74 Å². The highest BCUT2D eigenvalue weighted by atomic mass is 16.5. The summed E-state index contributed by atoms with van der Waals surface area (Å²) < 4.78 is 7.48. The Labute approximate surface area is 107 Å². The molecule has 0 amide bonds. The summed E-state index contributed by atoms with van der Waals surface area (Å²) in [6.45, 7) is 1.07. The van der Waals surface area contributed by atoms with Gasteiger partial charge in [-0.3, -0.25) is 0 Å². The molecule has 0 spiro atoms. The maximum Gasteiger partial charge on any atom is 0.119 e. The van der Waals surface area contributed by atoms with Crippen molar-refractivity contribution in [3.63, 3.8) is 0 Å². The number of hydrogen-bond acceptors (Lipinski definition) is 2. The van der Waals surface area contributed by atoms with E-state index in [9.17, 15) is 0 Å². The molecule has 0 radical (unpaired) electrons. The SMILES string of the molecule is COc1ccc2c(c1)CC(Cn1ccnc1)CC2. The van der Waals surface area contributed by atoms with Crippen LogP contribution >= 0.6 is 0 Å². The molecule has 1 atom stereocenters. The Kier molecular flexibility index (Phi) is 3.05. The number of ether oxygens (including phenoxy) is 1. The molecule has 2 aromatic rings. The average molecular weight is 242 g/mol. The van der Waals surface area contributed by atoms with Gasteiger partial charge in [0, 0.05) is 18.9 Å². The van der Waals surface area contributed by atoms with Gasteiger partial charge in [-0.2, -0.15) is 0 Å². The molecule has 1 aliphatic carbocycles. The lowest BCUT2D eigenvalue weighted by Gasteiger charge is -2.25. The van der Waals surface area contributed by atoms with Gasteiger partial charge in [0.15, 0.2) is 0 Å². The molecule has 0 saturated heterocycles. The summed E-state index contributed by atoms with van der Waals surface area (Å²) in [7, 11) is 1.73. The zero-order chi connectivity index (χ0) is 12.4. The summed E-state index contributed by atoms with van der Waals surface area (Å²) in [5, 5.41) is 0. The Balaban J connectivity index is 1.75. The molecule has 1 aromatic carbocycles. The molecule has 0 N–H and O–H groups in total. The average Bonchev–Trinajstić information content (AvgIpc) is 2.90. The molecule has 3 rings (SSSR count). The Morgan fingerprint density at radius 1 is 1.39 bits per heavy atom. The van der Waals surface area contributed by atoms with Crippen LogP contribution in [-0.4, -0.2) is 16.7 Å². The van der Waals surface area contributed by atoms with Gasteiger partial charge in [0.05, 0.1) is 13.4 Å². The van der Waals surface area contributed by atoms with E-state index in [1.54, 1.807) is 7.11 Å². The number of aromatic nitrogens is 2. The van der Waals surface area contributed by atoms with E-state index < -0.39 is 0 Å². The first-order valence-electron chi connectivity index (χ1n) is 6.46. The third-order valence-electron chi connectivity index (χ3n) is 3.77. The predicted octanol–water partition coefficient (Wildman–Crippen LogP) is 2.70. The topological polar surface area (TPSA) is 27.1 Å². The molecule has 18 heavy (non-hydrogen) atoms. The largest absolute Gasteiger partial charge is 0.497 e. The van der Waals surface area contributed by atoms with Crippen LogP contribution in [-0.2, 0) is 19.4 Å². The van der Waals surface area contributed by atoms with Crippen molar-refractivity contribution in [2.24, 2.45) is 5.92 Å². The summed E-state index contributed by atoms with van der Waals surface area (Å²) in [6, 6.07) is 6.46. The lowest BCUT2D eigenvalue weighted by molar-refractivity contribution is 0.389. The molecule has 0 fully saturated rings. The number of benzene rings is 1. The van der Waals surface area contributed by atoms with Crippen LogP contribution in [0.3, 0.4) is 0 Å². The third-order valence-corrected chi connectivity index (χ3v) is 3.77. The summed E-state index contributed by atoms with van der Waals surface area (Å²) >= 11 is 0. The summed E-state index contributed by atoms with van der Waals surface area (Å²) in [6.07, 6.45) is 9.38. The van der Waals surface area contributed by atoms with Crippen LogP contribution in [0.25, 0.3) is 0 Å². The monoisotopic (exact) mass is 242 g/mol. The summed E-state index contributed by atoms with van der Waals surface area (Å²) in [4.78, 5) is 4.10. The second kappa shape index (κ2) is 4.84. The number of methoxy groups -OCH3 is 1. The highest BCUT2D eigenvalue weighted by Crippen LogP contribution is 2.29. The molecule has 3 nitrogen and oxygen atoms in total. The molecule has 94 valence electrons. The maximum absolute atomic E-state index is 5.31. The first kappa shape index (κ1) is 11.3. The maximum atomic E-state index is 5.31. The minimum absolute atomic E-state index is 0.707. The molecule has 0 aliphatic heterocycles. The molecule has 1 aliphatic rings. The van der Waals surface area contributed by atoms with Gasteiger partial charge in [0.2, 0.25) is 0 Å². The van der Waals surface area contributed by atoms with Crippen LogP contribution in [0.1, 0.15) is 17.5 Å². The minimum atomic E-state index is 0.707. The van der Waals surface area contributed by atoms with Crippen molar-refractivity contribution in [3.05, 3.63) is 48.0 Å². The normalized spacial score (nSPS) is 18.4. The van der Waals surface area contributed by atoms with E-state index >= 15 is 0 Å². The molecule has 3 heteroatoms. The minimum Gasteiger partial charge on any atom is -0.497 e. The van der Waals surface area contributed by atoms with Gasteiger partial charge >= 0.3 is 0 Å². The van der Waals surface area contributed by atoms with Gasteiger partial charge < -0.3 is 9.30 Å². The number of aryl methyl sites for hydroxylation is 1. The van der Waals surface area contributed by atoms with E-state index in [0.717, 1.165) is 18.7 Å². The zero-order valence-electron chi connectivity index (χ0n) is 10.7. The van der Waals surface area contributed by atoms with Crippen LogP contribution < -0.4 is 4.74 Å². The second-order valence-corrected chi connectivity index (χ2v) is 5.00. The lowest BCUT2D eigenvalue weighted by atomic mass is 9.84. The predicted molar refractivity (Wildman–Crippen MR) is 70.7 cm³/mol. The number of hydrogen-bond donors (Lipinski definition) is 0. The Bertz CT molecular complexity index is 519. The van der Waals surface area contributed by atoms with Crippen LogP contribution in [0, 0.1) is 5.92 Å². The van der Waals surface area contributed by atoms with Gasteiger partial charge in [-0.15, -0.1) is 0 Å². The van der Waals surface area contributed by atoms with Crippen molar-refractivity contribution in [2.75, 3.05) is 7.11 Å². The van der Waals surface area contributed by atoms with Crippen molar-refractivity contribution in [2.45, 2.75) is 25.8 Å². The van der Waals surface area contributed by atoms with Crippen LogP contribution in [0.5, 0.6) is 5.75 Å². The Morgan fingerprint density at radius 2 is 2.33 bits per heavy atom. The van der Waals surface area contributed by atoms with E-state index in [0.29, 0.717) is 5.92 Å². The van der Waals surface area contributed by atoms with Crippen molar-refractivity contribution < 1.29 is 4.74 Å². The number of nitrogens with zero attached hydrogens (tertiary/aromatic N) is 2. The van der Waals surface area contributed by atoms with Gasteiger partial charge in [-0.25, -0.2) is 4.98 Å². The highest BCUT2D eigenvalue weighted by Gasteiger charge is 2.19. The molecule has 1 aromatic heterocycles. The second-order valence-electron chi connectivity index (χ2n) is 5.00. The van der Waals surface area contributed by atoms with Crippen molar-refractivity contribution >= 4 is 0 Å². The van der Waals surface area contributed by atoms with E-state index in [1.807, 2.05) is 18.7 Å². The first-order valence-corrected chi connectivity index (χ1v) is 6.46. The first-order chi connectivity index (χ1) is 8.85. The zero-order valence-corrected chi connectivity index (χ0v) is 10.7. The molecule has 1 heterocycles. The number of fused-ring (bicyclic) bond motifs is 1. The standard InChI is InChI=1S/C15H18N2O/c1-18-15-5-4-13-3-2-12(8-14(13)9-15)10-17-7-6-16-11-17/h4-7,9,11-12H,2-3,8,10H2,1H3. The van der Waals surface area contributed by atoms with Crippen molar-refractivity contribution in [1.29, 1.82) is 0 Å². The van der Waals surface area contributed by atoms with Crippen LogP contribution in [0.15, 0.2) is 36.9 Å². The molecule has 1 unspecified atom stereocenters. The van der Waals surface area contributed by atoms with Gasteiger partial charge in [-0.1, -0.05) is 6.07 Å². The number of imidazole rings is 1. The van der Waals surface area contributed by atoms with Gasteiger partial charge in [-0.05, 0) is 48.4 Å². The van der Waals surface area contributed by atoms with E-state index in [2.05, 4.69) is 27.8 Å². The van der Waals surface area contributed by atoms with E-state index in [1.165, 1.54) is 24.0 Å². The van der Waals surface area contributed by atoms with Crippen LogP contribution in [0.4, 0.5) is 0 Å². The molecular weight excluding hydrogens is 224 g/mol. The summed E-state index contributed by atoms with van der Waals surface area (Å²) in [5.41, 5.74) is 2.93. The van der Waals surface area contributed by atoms with Gasteiger partial charge in [0.25, 0.3) is 0 Å². The van der Waals surface area contributed by atoms with Crippen LogP contribution in [0.2, 0.25) is 0 Å². The number of rotatable bonds is 3. The fraction of sp³-hybridized carbons (Fsp3) is 0.400. The Morgan fingerprint density at radius 3 is 3.11 bits per heavy atom. The Hall–Kier alpha value is -1.77. The van der Waals surface area contributed by atoms with Crippen molar-refractivity contribution in [3.8, 4) is 5.75 Å². The quantitative estimate of drug-likeness (QED) is 0.827. The highest BCUT2D eigenvalue weighted by molar-refractivity contribution is 5.37.